The minimum Gasteiger partial charge on any atom is -0.494 e. The van der Waals surface area contributed by atoms with Crippen LogP contribution in [-0.4, -0.2) is 55.5 Å². The SMILES string of the molecule is CN1CCN(CCCOc2ccc(C#N)cc2)CC1=O. The molecule has 1 saturated heterocycles. The lowest BCUT2D eigenvalue weighted by Gasteiger charge is -2.31. The molecule has 0 bridgehead atoms. The van der Waals surface area contributed by atoms with Gasteiger partial charge in [-0.3, -0.25) is 9.69 Å². The normalized spacial score (nSPS) is 16.0. The van der Waals surface area contributed by atoms with E-state index >= 15 is 0 Å². The van der Waals surface area contributed by atoms with Gasteiger partial charge in [0.25, 0.3) is 0 Å². The van der Waals surface area contributed by atoms with Crippen molar-refractivity contribution >= 4 is 5.91 Å². The first-order valence-electron chi connectivity index (χ1n) is 6.78. The van der Waals surface area contributed by atoms with Gasteiger partial charge in [-0.15, -0.1) is 0 Å². The largest absolute Gasteiger partial charge is 0.494 e. The van der Waals surface area contributed by atoms with Gasteiger partial charge in [0.1, 0.15) is 5.75 Å². The van der Waals surface area contributed by atoms with Crippen molar-refractivity contribution in [3.8, 4) is 11.8 Å². The number of benzene rings is 1. The third-order valence-electron chi connectivity index (χ3n) is 3.41. The van der Waals surface area contributed by atoms with Crippen molar-refractivity contribution in [1.82, 2.24) is 9.80 Å². The van der Waals surface area contributed by atoms with Crippen LogP contribution in [0.1, 0.15) is 12.0 Å². The highest BCUT2D eigenvalue weighted by Crippen LogP contribution is 2.12. The quantitative estimate of drug-likeness (QED) is 0.754. The molecule has 1 aliphatic heterocycles. The van der Waals surface area contributed by atoms with E-state index in [4.69, 9.17) is 10.00 Å². The zero-order valence-electron chi connectivity index (χ0n) is 11.7. The second kappa shape index (κ2) is 6.92. The molecule has 1 aromatic carbocycles. The summed E-state index contributed by atoms with van der Waals surface area (Å²) in [6.07, 6.45) is 0.886. The Balaban J connectivity index is 1.66. The van der Waals surface area contributed by atoms with E-state index in [0.29, 0.717) is 18.7 Å². The number of ether oxygens (including phenoxy) is 1. The first-order chi connectivity index (χ1) is 9.69. The fraction of sp³-hybridized carbons (Fsp3) is 0.467. The predicted octanol–water partition coefficient (Wildman–Crippen LogP) is 1.10. The van der Waals surface area contributed by atoms with Gasteiger partial charge in [-0.05, 0) is 30.7 Å². The van der Waals surface area contributed by atoms with Gasteiger partial charge in [-0.1, -0.05) is 0 Å². The molecule has 1 fully saturated rings. The smallest absolute Gasteiger partial charge is 0.236 e. The van der Waals surface area contributed by atoms with Crippen molar-refractivity contribution in [2.75, 3.05) is 39.8 Å². The lowest BCUT2D eigenvalue weighted by molar-refractivity contribution is -0.134. The molecular weight excluding hydrogens is 254 g/mol. The summed E-state index contributed by atoms with van der Waals surface area (Å²) in [7, 11) is 1.84. The molecule has 1 aromatic rings. The van der Waals surface area contributed by atoms with Crippen LogP contribution >= 0.6 is 0 Å². The van der Waals surface area contributed by atoms with Crippen LogP contribution in [-0.2, 0) is 4.79 Å². The number of nitriles is 1. The molecule has 0 N–H and O–H groups in total. The number of hydrogen-bond donors (Lipinski definition) is 0. The van der Waals surface area contributed by atoms with Gasteiger partial charge in [0.2, 0.25) is 5.91 Å². The summed E-state index contributed by atoms with van der Waals surface area (Å²) in [5, 5.41) is 8.70. The summed E-state index contributed by atoms with van der Waals surface area (Å²) in [5.74, 6) is 0.961. The minimum absolute atomic E-state index is 0.185. The monoisotopic (exact) mass is 273 g/mol. The van der Waals surface area contributed by atoms with Crippen molar-refractivity contribution in [2.24, 2.45) is 0 Å². The van der Waals surface area contributed by atoms with Gasteiger partial charge in [-0.2, -0.15) is 5.26 Å². The van der Waals surface area contributed by atoms with Gasteiger partial charge < -0.3 is 9.64 Å². The molecule has 1 amide bonds. The topological polar surface area (TPSA) is 56.6 Å². The summed E-state index contributed by atoms with van der Waals surface area (Å²) in [6.45, 7) is 3.73. The summed E-state index contributed by atoms with van der Waals surface area (Å²) in [4.78, 5) is 15.5. The number of rotatable bonds is 5. The molecular formula is C15H19N3O2. The maximum Gasteiger partial charge on any atom is 0.236 e. The Morgan fingerprint density at radius 2 is 2.05 bits per heavy atom. The molecule has 0 radical (unpaired) electrons. The molecule has 0 aromatic heterocycles. The van der Waals surface area contributed by atoms with E-state index in [1.54, 1.807) is 29.2 Å². The molecule has 5 nitrogen and oxygen atoms in total. The van der Waals surface area contributed by atoms with Gasteiger partial charge in [0.05, 0.1) is 24.8 Å². The Kier molecular flexibility index (Phi) is 4.97. The first kappa shape index (κ1) is 14.4. The molecule has 5 heteroatoms. The van der Waals surface area contributed by atoms with Crippen LogP contribution in [0, 0.1) is 11.3 Å². The number of likely N-dealkylation sites (N-methyl/N-ethyl adjacent to an activating group) is 1. The summed E-state index contributed by atoms with van der Waals surface area (Å²) in [6, 6.07) is 9.17. The van der Waals surface area contributed by atoms with Crippen LogP contribution in [0.15, 0.2) is 24.3 Å². The zero-order chi connectivity index (χ0) is 14.4. The fourth-order valence-corrected chi connectivity index (χ4v) is 2.10. The Morgan fingerprint density at radius 3 is 2.70 bits per heavy atom. The number of hydrogen-bond acceptors (Lipinski definition) is 4. The Labute approximate surface area is 119 Å². The van der Waals surface area contributed by atoms with Gasteiger partial charge in [0.15, 0.2) is 0 Å². The van der Waals surface area contributed by atoms with E-state index in [2.05, 4.69) is 11.0 Å². The molecule has 0 atom stereocenters. The van der Waals surface area contributed by atoms with Gasteiger partial charge >= 0.3 is 0 Å². The Hall–Kier alpha value is -2.06. The van der Waals surface area contributed by atoms with Gasteiger partial charge in [0, 0.05) is 26.7 Å². The first-order valence-corrected chi connectivity index (χ1v) is 6.78. The van der Waals surface area contributed by atoms with E-state index in [-0.39, 0.29) is 5.91 Å². The Bertz CT molecular complexity index is 493. The van der Waals surface area contributed by atoms with Crippen LogP contribution in [0.4, 0.5) is 0 Å². The third-order valence-corrected chi connectivity index (χ3v) is 3.41. The number of carbonyl (C=O) groups is 1. The van der Waals surface area contributed by atoms with E-state index in [0.717, 1.165) is 31.8 Å². The van der Waals surface area contributed by atoms with E-state index in [9.17, 15) is 4.79 Å². The number of carbonyl (C=O) groups excluding carboxylic acids is 1. The second-order valence-corrected chi connectivity index (χ2v) is 4.93. The van der Waals surface area contributed by atoms with Crippen LogP contribution in [0.5, 0.6) is 5.75 Å². The highest BCUT2D eigenvalue weighted by atomic mass is 16.5. The van der Waals surface area contributed by atoms with E-state index in [1.165, 1.54) is 0 Å². The predicted molar refractivity (Wildman–Crippen MR) is 75.3 cm³/mol. The van der Waals surface area contributed by atoms with Crippen molar-refractivity contribution in [2.45, 2.75) is 6.42 Å². The lowest BCUT2D eigenvalue weighted by Crippen LogP contribution is -2.48. The van der Waals surface area contributed by atoms with Crippen LogP contribution < -0.4 is 4.74 Å². The highest BCUT2D eigenvalue weighted by molar-refractivity contribution is 5.78. The van der Waals surface area contributed by atoms with Crippen LogP contribution in [0.2, 0.25) is 0 Å². The molecule has 106 valence electrons. The van der Waals surface area contributed by atoms with Crippen LogP contribution in [0.25, 0.3) is 0 Å². The maximum absolute atomic E-state index is 11.5. The Morgan fingerprint density at radius 1 is 1.30 bits per heavy atom. The third kappa shape index (κ3) is 3.97. The van der Waals surface area contributed by atoms with Crippen LogP contribution in [0.3, 0.4) is 0 Å². The summed E-state index contributed by atoms with van der Waals surface area (Å²) < 4.78 is 5.61. The summed E-state index contributed by atoms with van der Waals surface area (Å²) >= 11 is 0. The van der Waals surface area contributed by atoms with Crippen molar-refractivity contribution in [1.29, 1.82) is 5.26 Å². The number of amides is 1. The molecule has 2 rings (SSSR count). The number of nitrogens with zero attached hydrogens (tertiary/aromatic N) is 3. The molecule has 1 aliphatic rings. The molecule has 0 aliphatic carbocycles. The average molecular weight is 273 g/mol. The fourth-order valence-electron chi connectivity index (χ4n) is 2.10. The van der Waals surface area contributed by atoms with E-state index in [1.807, 2.05) is 7.05 Å². The van der Waals surface area contributed by atoms with E-state index < -0.39 is 0 Å². The molecule has 0 saturated carbocycles. The standard InChI is InChI=1S/C15H19N3O2/c1-17-8-9-18(12-15(17)19)7-2-10-20-14-5-3-13(11-16)4-6-14/h3-6H,2,7-10,12H2,1H3. The molecule has 0 unspecified atom stereocenters. The lowest BCUT2D eigenvalue weighted by atomic mass is 10.2. The average Bonchev–Trinajstić information content (AvgIpc) is 2.48. The van der Waals surface area contributed by atoms with Crippen molar-refractivity contribution in [3.63, 3.8) is 0 Å². The summed E-state index contributed by atoms with van der Waals surface area (Å²) in [5.41, 5.74) is 0.633. The molecule has 20 heavy (non-hydrogen) atoms. The number of piperazine rings is 1. The maximum atomic E-state index is 11.5. The second-order valence-electron chi connectivity index (χ2n) is 4.93. The van der Waals surface area contributed by atoms with Crippen molar-refractivity contribution < 1.29 is 9.53 Å². The van der Waals surface area contributed by atoms with Gasteiger partial charge in [-0.25, -0.2) is 0 Å². The minimum atomic E-state index is 0.185. The van der Waals surface area contributed by atoms with Crippen molar-refractivity contribution in [3.05, 3.63) is 29.8 Å². The molecule has 0 spiro atoms. The molecule has 1 heterocycles. The highest BCUT2D eigenvalue weighted by Gasteiger charge is 2.19. The zero-order valence-corrected chi connectivity index (χ0v) is 11.7.